The highest BCUT2D eigenvalue weighted by Crippen LogP contribution is 2.40. The average molecular weight is 392 g/mol. The summed E-state index contributed by atoms with van der Waals surface area (Å²) in [6.07, 6.45) is 4.00. The second-order valence-electron chi connectivity index (χ2n) is 8.56. The molecule has 1 saturated heterocycles. The van der Waals surface area contributed by atoms with Crippen LogP contribution in [-0.4, -0.2) is 33.2 Å². The van der Waals surface area contributed by atoms with Crippen LogP contribution in [0.25, 0.3) is 5.76 Å². The highest BCUT2D eigenvalue weighted by molar-refractivity contribution is 6.46. The number of aliphatic hydroxyl groups excluding tert-OH is 1. The van der Waals surface area contributed by atoms with E-state index in [0.717, 1.165) is 11.1 Å². The van der Waals surface area contributed by atoms with E-state index in [2.05, 4.69) is 25.8 Å². The normalized spacial score (nSPS) is 19.1. The molecule has 0 radical (unpaired) electrons. The van der Waals surface area contributed by atoms with E-state index in [1.807, 2.05) is 38.1 Å². The molecule has 29 heavy (non-hydrogen) atoms. The summed E-state index contributed by atoms with van der Waals surface area (Å²) in [6, 6.07) is 8.85. The molecule has 0 saturated carbocycles. The molecule has 1 N–H and O–H groups in total. The number of carbonyl (C=O) groups excluding carboxylic acids is 2. The van der Waals surface area contributed by atoms with Gasteiger partial charge in [0, 0.05) is 24.5 Å². The molecule has 2 aromatic rings. The molecular formula is C24H28N2O3. The Morgan fingerprint density at radius 2 is 1.93 bits per heavy atom. The van der Waals surface area contributed by atoms with Crippen LogP contribution in [0, 0.1) is 6.92 Å². The number of likely N-dealkylation sites (tertiary alicyclic amines) is 1. The lowest BCUT2D eigenvalue weighted by atomic mass is 9.84. The zero-order chi connectivity index (χ0) is 21.3. The third-order valence-corrected chi connectivity index (χ3v) is 5.36. The molecule has 0 spiro atoms. The standard InChI is InChI=1S/C24H28N2O3/c1-6-12-26-20(16-8-7-11-25-14-16)19(22(28)23(26)29)21(27)18-13-17(24(3,4)5)10-9-15(18)2/h7-11,13-14,20,27H,6,12H2,1-5H3/b21-19+. The fourth-order valence-corrected chi connectivity index (χ4v) is 3.72. The number of amides is 1. The van der Waals surface area contributed by atoms with Gasteiger partial charge in [0.15, 0.2) is 0 Å². The Morgan fingerprint density at radius 3 is 2.52 bits per heavy atom. The summed E-state index contributed by atoms with van der Waals surface area (Å²) in [7, 11) is 0. The third kappa shape index (κ3) is 3.82. The molecule has 2 heterocycles. The first-order valence-electron chi connectivity index (χ1n) is 9.96. The van der Waals surface area contributed by atoms with Gasteiger partial charge in [0.1, 0.15) is 5.76 Å². The Bertz CT molecular complexity index is 971. The predicted molar refractivity (Wildman–Crippen MR) is 113 cm³/mol. The SMILES string of the molecule is CCCN1C(=O)C(=O)/C(=C(/O)c2cc(C(C)(C)C)ccc2C)C1c1cccnc1. The molecule has 0 aliphatic carbocycles. The zero-order valence-corrected chi connectivity index (χ0v) is 17.7. The number of hydrogen-bond acceptors (Lipinski definition) is 4. The Balaban J connectivity index is 2.24. The summed E-state index contributed by atoms with van der Waals surface area (Å²) in [5.41, 5.74) is 3.21. The van der Waals surface area contributed by atoms with Crippen molar-refractivity contribution in [1.82, 2.24) is 9.88 Å². The molecule has 0 bridgehead atoms. The van der Waals surface area contributed by atoms with E-state index < -0.39 is 17.7 Å². The quantitative estimate of drug-likeness (QED) is 0.472. The fourth-order valence-electron chi connectivity index (χ4n) is 3.72. The molecule has 3 rings (SSSR count). The lowest BCUT2D eigenvalue weighted by Crippen LogP contribution is -2.30. The van der Waals surface area contributed by atoms with Crippen molar-refractivity contribution in [1.29, 1.82) is 0 Å². The second kappa shape index (κ2) is 7.82. The zero-order valence-electron chi connectivity index (χ0n) is 17.7. The van der Waals surface area contributed by atoms with Gasteiger partial charge in [-0.05, 0) is 47.6 Å². The van der Waals surface area contributed by atoms with Crippen molar-refractivity contribution in [2.24, 2.45) is 0 Å². The van der Waals surface area contributed by atoms with Crippen LogP contribution in [0.1, 0.15) is 62.4 Å². The van der Waals surface area contributed by atoms with Crippen LogP contribution >= 0.6 is 0 Å². The summed E-state index contributed by atoms with van der Waals surface area (Å²) >= 11 is 0. The molecule has 1 fully saturated rings. The van der Waals surface area contributed by atoms with Crippen LogP contribution in [0.15, 0.2) is 48.3 Å². The smallest absolute Gasteiger partial charge is 0.295 e. The van der Waals surface area contributed by atoms with E-state index in [4.69, 9.17) is 0 Å². The van der Waals surface area contributed by atoms with Gasteiger partial charge in [-0.15, -0.1) is 0 Å². The van der Waals surface area contributed by atoms with Crippen LogP contribution in [0.2, 0.25) is 0 Å². The number of benzene rings is 1. The molecular weight excluding hydrogens is 364 g/mol. The maximum Gasteiger partial charge on any atom is 0.295 e. The van der Waals surface area contributed by atoms with E-state index in [1.165, 1.54) is 4.90 Å². The van der Waals surface area contributed by atoms with Crippen LogP contribution < -0.4 is 0 Å². The minimum absolute atomic E-state index is 0.111. The summed E-state index contributed by atoms with van der Waals surface area (Å²) in [5.74, 6) is -1.35. The van der Waals surface area contributed by atoms with Crippen LogP contribution in [0.4, 0.5) is 0 Å². The van der Waals surface area contributed by atoms with Gasteiger partial charge >= 0.3 is 0 Å². The minimum atomic E-state index is -0.648. The van der Waals surface area contributed by atoms with Crippen molar-refractivity contribution in [3.05, 3.63) is 70.6 Å². The van der Waals surface area contributed by atoms with Crippen LogP contribution in [-0.2, 0) is 15.0 Å². The molecule has 1 aromatic carbocycles. The van der Waals surface area contributed by atoms with Gasteiger partial charge in [-0.2, -0.15) is 0 Å². The Kier molecular flexibility index (Phi) is 5.60. The number of rotatable bonds is 4. The van der Waals surface area contributed by atoms with Crippen LogP contribution in [0.3, 0.4) is 0 Å². The molecule has 1 amide bonds. The minimum Gasteiger partial charge on any atom is -0.507 e. The summed E-state index contributed by atoms with van der Waals surface area (Å²) in [4.78, 5) is 31.4. The van der Waals surface area contributed by atoms with Gasteiger partial charge in [0.05, 0.1) is 11.6 Å². The molecule has 5 heteroatoms. The average Bonchev–Trinajstić information content (AvgIpc) is 2.93. The lowest BCUT2D eigenvalue weighted by Gasteiger charge is -2.25. The number of carbonyl (C=O) groups is 2. The second-order valence-corrected chi connectivity index (χ2v) is 8.56. The number of Topliss-reactive ketones (excluding diaryl/α,β-unsaturated/α-hetero) is 1. The highest BCUT2D eigenvalue weighted by Gasteiger charge is 2.45. The van der Waals surface area contributed by atoms with E-state index in [9.17, 15) is 14.7 Å². The van der Waals surface area contributed by atoms with Crippen molar-refractivity contribution < 1.29 is 14.7 Å². The molecule has 5 nitrogen and oxygen atoms in total. The largest absolute Gasteiger partial charge is 0.507 e. The summed E-state index contributed by atoms with van der Waals surface area (Å²) < 4.78 is 0. The topological polar surface area (TPSA) is 70.5 Å². The van der Waals surface area contributed by atoms with Crippen molar-refractivity contribution >= 4 is 17.4 Å². The Hall–Kier alpha value is -2.95. The van der Waals surface area contributed by atoms with E-state index in [1.54, 1.807) is 18.5 Å². The molecule has 1 atom stereocenters. The summed E-state index contributed by atoms with van der Waals surface area (Å²) in [6.45, 7) is 10.6. The number of aromatic nitrogens is 1. The van der Waals surface area contributed by atoms with Gasteiger partial charge in [-0.25, -0.2) is 0 Å². The molecule has 1 aromatic heterocycles. The van der Waals surface area contributed by atoms with Crippen molar-refractivity contribution in [3.8, 4) is 0 Å². The first-order valence-corrected chi connectivity index (χ1v) is 9.96. The maximum atomic E-state index is 13.0. The van der Waals surface area contributed by atoms with Gasteiger partial charge in [-0.1, -0.05) is 45.9 Å². The molecule has 152 valence electrons. The third-order valence-electron chi connectivity index (χ3n) is 5.36. The van der Waals surface area contributed by atoms with E-state index in [-0.39, 0.29) is 16.7 Å². The Morgan fingerprint density at radius 1 is 1.21 bits per heavy atom. The van der Waals surface area contributed by atoms with Gasteiger partial charge in [-0.3, -0.25) is 14.6 Å². The first-order chi connectivity index (χ1) is 13.7. The number of ketones is 1. The molecule has 1 unspecified atom stereocenters. The summed E-state index contributed by atoms with van der Waals surface area (Å²) in [5, 5.41) is 11.3. The first kappa shape index (κ1) is 20.8. The monoisotopic (exact) mass is 392 g/mol. The molecule has 1 aliphatic heterocycles. The number of aryl methyl sites for hydroxylation is 1. The van der Waals surface area contributed by atoms with Gasteiger partial charge < -0.3 is 10.0 Å². The Labute approximate surface area is 172 Å². The van der Waals surface area contributed by atoms with Gasteiger partial charge in [0.25, 0.3) is 11.7 Å². The maximum absolute atomic E-state index is 13.0. The van der Waals surface area contributed by atoms with E-state index in [0.29, 0.717) is 24.1 Å². The fraction of sp³-hybridized carbons (Fsp3) is 0.375. The lowest BCUT2D eigenvalue weighted by molar-refractivity contribution is -0.139. The van der Waals surface area contributed by atoms with E-state index >= 15 is 0 Å². The van der Waals surface area contributed by atoms with Gasteiger partial charge in [0.2, 0.25) is 0 Å². The predicted octanol–water partition coefficient (Wildman–Crippen LogP) is 4.52. The number of aliphatic hydroxyl groups is 1. The number of hydrogen-bond donors (Lipinski definition) is 1. The number of pyridine rings is 1. The van der Waals surface area contributed by atoms with Crippen LogP contribution in [0.5, 0.6) is 0 Å². The van der Waals surface area contributed by atoms with Crippen molar-refractivity contribution in [3.63, 3.8) is 0 Å². The molecule has 1 aliphatic rings. The highest BCUT2D eigenvalue weighted by atomic mass is 16.3. The van der Waals surface area contributed by atoms with Crippen molar-refractivity contribution in [2.45, 2.75) is 52.5 Å². The van der Waals surface area contributed by atoms with Crippen molar-refractivity contribution in [2.75, 3.05) is 6.54 Å². The number of nitrogens with zero attached hydrogens (tertiary/aromatic N) is 2.